The summed E-state index contributed by atoms with van der Waals surface area (Å²) in [5.41, 5.74) is 4.06. The third-order valence-electron chi connectivity index (χ3n) is 5.04. The summed E-state index contributed by atoms with van der Waals surface area (Å²) in [5, 5.41) is 3.17. The highest BCUT2D eigenvalue weighted by Crippen LogP contribution is 2.42. The van der Waals surface area contributed by atoms with E-state index in [1.54, 1.807) is 12.1 Å². The third-order valence-corrected chi connectivity index (χ3v) is 5.04. The van der Waals surface area contributed by atoms with Crippen LogP contribution in [0.1, 0.15) is 45.4 Å². The average molecular weight is 345 g/mol. The normalized spacial score (nSPS) is 18.3. The van der Waals surface area contributed by atoms with Gasteiger partial charge in [0.25, 0.3) is 5.91 Å². The Morgan fingerprint density at radius 3 is 2.42 bits per heavy atom. The zero-order valence-corrected chi connectivity index (χ0v) is 14.4. The van der Waals surface area contributed by atoms with Crippen molar-refractivity contribution >= 4 is 5.91 Å². The number of fused-ring (bicyclic) bond motifs is 1. The number of hydrogen-bond donors (Lipinski definition) is 1. The summed E-state index contributed by atoms with van der Waals surface area (Å²) in [6, 6.07) is 24.3. The van der Waals surface area contributed by atoms with Crippen LogP contribution in [0.5, 0.6) is 0 Å². The molecule has 0 fully saturated rings. The summed E-state index contributed by atoms with van der Waals surface area (Å²) < 4.78 is 13.5. The number of carbonyl (C=O) groups excluding carboxylic acids is 1. The lowest BCUT2D eigenvalue weighted by atomic mass is 9.93. The number of carbonyl (C=O) groups is 1. The Hall–Kier alpha value is -2.94. The second kappa shape index (κ2) is 7.12. The van der Waals surface area contributed by atoms with Crippen molar-refractivity contribution in [1.29, 1.82) is 0 Å². The van der Waals surface area contributed by atoms with Crippen LogP contribution in [0.2, 0.25) is 0 Å². The van der Waals surface area contributed by atoms with Crippen molar-refractivity contribution < 1.29 is 9.18 Å². The highest BCUT2D eigenvalue weighted by Gasteiger charge is 2.31. The van der Waals surface area contributed by atoms with Gasteiger partial charge < -0.3 is 5.32 Å². The van der Waals surface area contributed by atoms with Crippen LogP contribution in [-0.2, 0) is 6.42 Å². The van der Waals surface area contributed by atoms with Gasteiger partial charge in [-0.25, -0.2) is 4.39 Å². The van der Waals surface area contributed by atoms with E-state index in [0.29, 0.717) is 5.56 Å². The van der Waals surface area contributed by atoms with Crippen molar-refractivity contribution in [2.24, 2.45) is 0 Å². The van der Waals surface area contributed by atoms with Crippen LogP contribution in [0.25, 0.3) is 0 Å². The topological polar surface area (TPSA) is 29.1 Å². The minimum Gasteiger partial charge on any atom is -0.345 e. The molecule has 130 valence electrons. The van der Waals surface area contributed by atoms with Crippen LogP contribution in [0.15, 0.2) is 78.9 Å². The summed E-state index contributed by atoms with van der Waals surface area (Å²) in [7, 11) is 0. The molecule has 1 N–H and O–H groups in total. The summed E-state index contributed by atoms with van der Waals surface area (Å²) in [4.78, 5) is 12.6. The molecule has 1 aliphatic carbocycles. The monoisotopic (exact) mass is 345 g/mol. The van der Waals surface area contributed by atoms with Crippen molar-refractivity contribution in [3.63, 3.8) is 0 Å². The first-order chi connectivity index (χ1) is 12.7. The van der Waals surface area contributed by atoms with Gasteiger partial charge in [0.15, 0.2) is 0 Å². The van der Waals surface area contributed by atoms with Gasteiger partial charge in [0, 0.05) is 5.56 Å². The molecule has 0 aromatic heterocycles. The van der Waals surface area contributed by atoms with E-state index in [-0.39, 0.29) is 23.7 Å². The van der Waals surface area contributed by atoms with Gasteiger partial charge in [-0.15, -0.1) is 0 Å². The minimum absolute atomic E-state index is 0.0162. The predicted molar refractivity (Wildman–Crippen MR) is 101 cm³/mol. The molecule has 0 saturated carbocycles. The first kappa shape index (κ1) is 16.5. The van der Waals surface area contributed by atoms with E-state index >= 15 is 0 Å². The number of hydrogen-bond acceptors (Lipinski definition) is 1. The van der Waals surface area contributed by atoms with Gasteiger partial charge in [0.05, 0.1) is 6.04 Å². The van der Waals surface area contributed by atoms with E-state index < -0.39 is 0 Å². The largest absolute Gasteiger partial charge is 0.345 e. The quantitative estimate of drug-likeness (QED) is 0.706. The fourth-order valence-corrected chi connectivity index (χ4v) is 3.85. The van der Waals surface area contributed by atoms with Crippen LogP contribution in [-0.4, -0.2) is 5.91 Å². The number of benzene rings is 3. The first-order valence-corrected chi connectivity index (χ1v) is 8.90. The van der Waals surface area contributed by atoms with Gasteiger partial charge in [-0.2, -0.15) is 0 Å². The van der Waals surface area contributed by atoms with Crippen molar-refractivity contribution in [2.45, 2.75) is 24.8 Å². The second-order valence-electron chi connectivity index (χ2n) is 6.79. The molecule has 0 bridgehead atoms. The molecular weight excluding hydrogens is 325 g/mol. The minimum atomic E-state index is -0.206. The number of halogens is 1. The first-order valence-electron chi connectivity index (χ1n) is 8.90. The molecule has 0 spiro atoms. The van der Waals surface area contributed by atoms with Crippen molar-refractivity contribution in [3.05, 3.63) is 107 Å². The average Bonchev–Trinajstić information content (AvgIpc) is 3.00. The van der Waals surface area contributed by atoms with Gasteiger partial charge in [0.1, 0.15) is 5.82 Å². The standard InChI is InChI=1S/C23H20FNO/c24-19-10-6-7-16(14-19)13-18-15-22(21-12-5-4-11-20(18)21)25-23(26)17-8-2-1-3-9-17/h1-12,14,18,22H,13,15H2,(H,25,26)/t18-,22+/m1/s1. The molecule has 0 aliphatic heterocycles. The smallest absolute Gasteiger partial charge is 0.251 e. The van der Waals surface area contributed by atoms with E-state index in [1.165, 1.54) is 11.6 Å². The summed E-state index contributed by atoms with van der Waals surface area (Å²) in [5.74, 6) is 0.00796. The lowest BCUT2D eigenvalue weighted by Gasteiger charge is -2.15. The zero-order valence-electron chi connectivity index (χ0n) is 14.4. The molecule has 2 nitrogen and oxygen atoms in total. The van der Waals surface area contributed by atoms with Crippen LogP contribution < -0.4 is 5.32 Å². The zero-order chi connectivity index (χ0) is 17.9. The number of nitrogens with one attached hydrogen (secondary N) is 1. The van der Waals surface area contributed by atoms with Gasteiger partial charge >= 0.3 is 0 Å². The Morgan fingerprint density at radius 1 is 0.923 bits per heavy atom. The van der Waals surface area contributed by atoms with Gasteiger partial charge in [-0.1, -0.05) is 54.6 Å². The van der Waals surface area contributed by atoms with E-state index in [4.69, 9.17) is 0 Å². The number of rotatable bonds is 4. The molecular formula is C23H20FNO. The predicted octanol–water partition coefficient (Wildman–Crippen LogP) is 5.03. The maximum atomic E-state index is 13.5. The lowest BCUT2D eigenvalue weighted by Crippen LogP contribution is -2.27. The fourth-order valence-electron chi connectivity index (χ4n) is 3.85. The molecule has 0 heterocycles. The Kier molecular flexibility index (Phi) is 4.53. The Bertz CT molecular complexity index is 922. The maximum absolute atomic E-state index is 13.5. The van der Waals surface area contributed by atoms with E-state index in [0.717, 1.165) is 24.0 Å². The molecule has 26 heavy (non-hydrogen) atoms. The maximum Gasteiger partial charge on any atom is 0.251 e. The molecule has 4 rings (SSSR count). The molecule has 3 heteroatoms. The highest BCUT2D eigenvalue weighted by atomic mass is 19.1. The van der Waals surface area contributed by atoms with E-state index in [2.05, 4.69) is 17.4 Å². The Morgan fingerprint density at radius 2 is 1.65 bits per heavy atom. The highest BCUT2D eigenvalue weighted by molar-refractivity contribution is 5.94. The summed E-state index contributed by atoms with van der Waals surface area (Å²) in [6.45, 7) is 0. The van der Waals surface area contributed by atoms with Crippen LogP contribution in [0.3, 0.4) is 0 Å². The van der Waals surface area contributed by atoms with Crippen molar-refractivity contribution in [3.8, 4) is 0 Å². The van der Waals surface area contributed by atoms with E-state index in [1.807, 2.05) is 48.5 Å². The SMILES string of the molecule is O=C(N[C@H]1C[C@@H](Cc2cccc(F)c2)c2ccccc21)c1ccccc1. The number of amides is 1. The van der Waals surface area contributed by atoms with Gasteiger partial charge in [0.2, 0.25) is 0 Å². The van der Waals surface area contributed by atoms with E-state index in [9.17, 15) is 9.18 Å². The summed E-state index contributed by atoms with van der Waals surface area (Å²) in [6.07, 6.45) is 1.60. The van der Waals surface area contributed by atoms with Crippen LogP contribution in [0, 0.1) is 5.82 Å². The van der Waals surface area contributed by atoms with Gasteiger partial charge in [-0.3, -0.25) is 4.79 Å². The third kappa shape index (κ3) is 3.38. The molecule has 1 aliphatic rings. The van der Waals surface area contributed by atoms with Crippen molar-refractivity contribution in [1.82, 2.24) is 5.32 Å². The molecule has 0 unspecified atom stereocenters. The molecule has 1 amide bonds. The summed E-state index contributed by atoms with van der Waals surface area (Å²) >= 11 is 0. The molecule has 0 saturated heterocycles. The molecule has 3 aromatic carbocycles. The van der Waals surface area contributed by atoms with Gasteiger partial charge in [-0.05, 0) is 59.7 Å². The van der Waals surface area contributed by atoms with Crippen molar-refractivity contribution in [2.75, 3.05) is 0 Å². The van der Waals surface area contributed by atoms with Crippen LogP contribution >= 0.6 is 0 Å². The molecule has 3 aromatic rings. The van der Waals surface area contributed by atoms with Crippen LogP contribution in [0.4, 0.5) is 4.39 Å². The lowest BCUT2D eigenvalue weighted by molar-refractivity contribution is 0.0936. The molecule has 2 atom stereocenters. The Balaban J connectivity index is 1.55. The second-order valence-corrected chi connectivity index (χ2v) is 6.79. The molecule has 0 radical (unpaired) electrons. The fraction of sp³-hybridized carbons (Fsp3) is 0.174. The Labute approximate surface area is 152 Å².